The molecule has 2 N–H and O–H groups in total. The summed E-state index contributed by atoms with van der Waals surface area (Å²) < 4.78 is 5.40. The fourth-order valence-corrected chi connectivity index (χ4v) is 4.39. The SMILES string of the molecule is CCC[C@@]1(C(=O)O)CN(C(=O)c2ccc(N3CCOCC3)c(C)c2)CC[C@@H]1O. The van der Waals surface area contributed by atoms with Gasteiger partial charge in [-0.1, -0.05) is 13.3 Å². The molecule has 0 saturated carbocycles. The Hall–Kier alpha value is -2.12. The summed E-state index contributed by atoms with van der Waals surface area (Å²) in [5.41, 5.74) is 1.38. The van der Waals surface area contributed by atoms with Crippen molar-refractivity contribution in [1.82, 2.24) is 4.90 Å². The number of ether oxygens (including phenoxy) is 1. The number of anilines is 1. The van der Waals surface area contributed by atoms with Gasteiger partial charge in [0.1, 0.15) is 5.41 Å². The number of likely N-dealkylation sites (tertiary alicyclic amines) is 1. The Bertz CT molecular complexity index is 732. The number of nitrogens with zero attached hydrogens (tertiary/aromatic N) is 2. The van der Waals surface area contributed by atoms with Gasteiger partial charge in [0.25, 0.3) is 5.91 Å². The Labute approximate surface area is 165 Å². The van der Waals surface area contributed by atoms with Gasteiger partial charge in [0.2, 0.25) is 0 Å². The van der Waals surface area contributed by atoms with Gasteiger partial charge in [-0.2, -0.15) is 0 Å². The quantitative estimate of drug-likeness (QED) is 0.798. The first kappa shape index (κ1) is 20.6. The molecule has 0 unspecified atom stereocenters. The fourth-order valence-electron chi connectivity index (χ4n) is 4.39. The van der Waals surface area contributed by atoms with E-state index in [-0.39, 0.29) is 18.9 Å². The van der Waals surface area contributed by atoms with E-state index in [0.29, 0.717) is 38.2 Å². The van der Waals surface area contributed by atoms with Crippen molar-refractivity contribution < 1.29 is 24.5 Å². The van der Waals surface area contributed by atoms with Crippen molar-refractivity contribution in [1.29, 1.82) is 0 Å². The average molecular weight is 390 g/mol. The van der Waals surface area contributed by atoms with Gasteiger partial charge in [-0.25, -0.2) is 0 Å². The van der Waals surface area contributed by atoms with Gasteiger partial charge in [-0.3, -0.25) is 9.59 Å². The van der Waals surface area contributed by atoms with Crippen LogP contribution < -0.4 is 4.90 Å². The minimum Gasteiger partial charge on any atom is -0.481 e. The average Bonchev–Trinajstić information content (AvgIpc) is 2.69. The lowest BCUT2D eigenvalue weighted by atomic mass is 9.74. The number of carbonyl (C=O) groups is 2. The number of aryl methyl sites for hydroxylation is 1. The smallest absolute Gasteiger partial charge is 0.314 e. The van der Waals surface area contributed by atoms with E-state index in [9.17, 15) is 19.8 Å². The Morgan fingerprint density at radius 1 is 1.25 bits per heavy atom. The van der Waals surface area contributed by atoms with Crippen LogP contribution in [0, 0.1) is 12.3 Å². The van der Waals surface area contributed by atoms with Gasteiger partial charge >= 0.3 is 5.97 Å². The van der Waals surface area contributed by atoms with E-state index in [2.05, 4.69) is 4.90 Å². The highest BCUT2D eigenvalue weighted by Gasteiger charge is 2.49. The van der Waals surface area contributed by atoms with Gasteiger partial charge in [0, 0.05) is 37.4 Å². The highest BCUT2D eigenvalue weighted by atomic mass is 16.5. The zero-order valence-corrected chi connectivity index (χ0v) is 16.7. The summed E-state index contributed by atoms with van der Waals surface area (Å²) in [6.45, 7) is 7.35. The third-order valence-corrected chi connectivity index (χ3v) is 5.99. The lowest BCUT2D eigenvalue weighted by molar-refractivity contribution is -0.162. The number of morpholine rings is 1. The Morgan fingerprint density at radius 2 is 1.96 bits per heavy atom. The molecule has 28 heavy (non-hydrogen) atoms. The molecule has 0 spiro atoms. The molecule has 0 aliphatic carbocycles. The molecular formula is C21H30N2O5. The number of carboxylic acid groups (broad SMARTS) is 1. The van der Waals surface area contributed by atoms with Gasteiger partial charge < -0.3 is 24.7 Å². The minimum absolute atomic E-state index is 0.0421. The van der Waals surface area contributed by atoms with Gasteiger partial charge in [0.05, 0.1) is 19.3 Å². The van der Waals surface area contributed by atoms with Crippen molar-refractivity contribution in [3.8, 4) is 0 Å². The largest absolute Gasteiger partial charge is 0.481 e. The van der Waals surface area contributed by atoms with E-state index in [1.165, 1.54) is 0 Å². The summed E-state index contributed by atoms with van der Waals surface area (Å²) in [5, 5.41) is 20.2. The summed E-state index contributed by atoms with van der Waals surface area (Å²) in [6, 6.07) is 5.65. The van der Waals surface area contributed by atoms with Crippen molar-refractivity contribution in [2.45, 2.75) is 39.2 Å². The number of hydrogen-bond acceptors (Lipinski definition) is 5. The number of hydrogen-bond donors (Lipinski definition) is 2. The van der Waals surface area contributed by atoms with Crippen LogP contribution in [0.4, 0.5) is 5.69 Å². The van der Waals surface area contributed by atoms with Crippen LogP contribution in [-0.4, -0.2) is 72.5 Å². The first-order chi connectivity index (χ1) is 13.4. The molecule has 2 fully saturated rings. The van der Waals surface area contributed by atoms with Crippen molar-refractivity contribution >= 4 is 17.6 Å². The summed E-state index contributed by atoms with van der Waals surface area (Å²) in [7, 11) is 0. The molecule has 2 aliphatic heterocycles. The van der Waals surface area contributed by atoms with E-state index in [1.54, 1.807) is 4.90 Å². The van der Waals surface area contributed by atoms with Crippen LogP contribution in [0.2, 0.25) is 0 Å². The second-order valence-electron chi connectivity index (χ2n) is 7.84. The highest BCUT2D eigenvalue weighted by molar-refractivity contribution is 5.95. The number of aliphatic hydroxyl groups excluding tert-OH is 1. The standard InChI is InChI=1S/C21H30N2O5/c1-3-7-21(20(26)27)14-23(8-6-18(21)24)19(25)16-4-5-17(15(2)13-16)22-9-11-28-12-10-22/h4-5,13,18,24H,3,6-12,14H2,1-2H3,(H,26,27)/t18-,21+/m0/s1. The van der Waals surface area contributed by atoms with Crippen LogP contribution in [0.3, 0.4) is 0 Å². The molecule has 2 saturated heterocycles. The number of piperidine rings is 1. The van der Waals surface area contributed by atoms with Crippen LogP contribution in [0.1, 0.15) is 42.1 Å². The lowest BCUT2D eigenvalue weighted by Crippen LogP contribution is -2.57. The molecule has 7 nitrogen and oxygen atoms in total. The monoisotopic (exact) mass is 390 g/mol. The number of aliphatic hydroxyl groups is 1. The molecule has 7 heteroatoms. The van der Waals surface area contributed by atoms with Gasteiger partial charge in [-0.05, 0) is 43.5 Å². The van der Waals surface area contributed by atoms with Crippen molar-refractivity contribution in [2.75, 3.05) is 44.3 Å². The Morgan fingerprint density at radius 3 is 2.57 bits per heavy atom. The number of carbonyl (C=O) groups excluding carboxylic acids is 1. The predicted molar refractivity (Wildman–Crippen MR) is 106 cm³/mol. The molecular weight excluding hydrogens is 360 g/mol. The van der Waals surface area contributed by atoms with Crippen LogP contribution in [0.25, 0.3) is 0 Å². The maximum absolute atomic E-state index is 13.1. The van der Waals surface area contributed by atoms with Crippen molar-refractivity contribution in [3.63, 3.8) is 0 Å². The number of rotatable bonds is 5. The molecule has 2 aliphatic rings. The van der Waals surface area contributed by atoms with Crippen molar-refractivity contribution in [2.24, 2.45) is 5.41 Å². The van der Waals surface area contributed by atoms with E-state index in [0.717, 1.165) is 24.3 Å². The van der Waals surface area contributed by atoms with E-state index in [1.807, 2.05) is 32.0 Å². The molecule has 1 aromatic rings. The second-order valence-corrected chi connectivity index (χ2v) is 7.84. The molecule has 154 valence electrons. The zero-order chi connectivity index (χ0) is 20.3. The van der Waals surface area contributed by atoms with Gasteiger partial charge in [-0.15, -0.1) is 0 Å². The second kappa shape index (κ2) is 8.49. The topological polar surface area (TPSA) is 90.3 Å². The molecule has 2 heterocycles. The molecule has 0 radical (unpaired) electrons. The maximum atomic E-state index is 13.1. The number of carboxylic acids is 1. The van der Waals surface area contributed by atoms with Gasteiger partial charge in [0.15, 0.2) is 0 Å². The van der Waals surface area contributed by atoms with Crippen LogP contribution in [-0.2, 0) is 9.53 Å². The molecule has 3 rings (SSSR count). The Balaban J connectivity index is 1.79. The zero-order valence-electron chi connectivity index (χ0n) is 16.7. The fraction of sp³-hybridized carbons (Fsp3) is 0.619. The van der Waals surface area contributed by atoms with E-state index in [4.69, 9.17) is 4.74 Å². The van der Waals surface area contributed by atoms with E-state index < -0.39 is 17.5 Å². The maximum Gasteiger partial charge on any atom is 0.314 e. The Kier molecular flexibility index (Phi) is 6.25. The van der Waals surface area contributed by atoms with Crippen LogP contribution >= 0.6 is 0 Å². The highest BCUT2D eigenvalue weighted by Crippen LogP contribution is 2.36. The third kappa shape index (κ3) is 3.86. The summed E-state index contributed by atoms with van der Waals surface area (Å²) in [6.07, 6.45) is 0.337. The molecule has 2 atom stereocenters. The summed E-state index contributed by atoms with van der Waals surface area (Å²) in [5.74, 6) is -1.21. The number of amides is 1. The molecule has 0 aromatic heterocycles. The number of aliphatic carboxylic acids is 1. The lowest BCUT2D eigenvalue weighted by Gasteiger charge is -2.43. The predicted octanol–water partition coefficient (Wildman–Crippen LogP) is 1.91. The first-order valence-corrected chi connectivity index (χ1v) is 10.0. The first-order valence-electron chi connectivity index (χ1n) is 10.0. The normalized spacial score (nSPS) is 25.6. The molecule has 0 bridgehead atoms. The third-order valence-electron chi connectivity index (χ3n) is 5.99. The summed E-state index contributed by atoms with van der Waals surface area (Å²) >= 11 is 0. The molecule has 1 aromatic carbocycles. The number of benzene rings is 1. The van der Waals surface area contributed by atoms with E-state index >= 15 is 0 Å². The summed E-state index contributed by atoms with van der Waals surface area (Å²) in [4.78, 5) is 28.9. The van der Waals surface area contributed by atoms with Crippen LogP contribution in [0.15, 0.2) is 18.2 Å². The minimum atomic E-state index is -1.29. The van der Waals surface area contributed by atoms with Crippen molar-refractivity contribution in [3.05, 3.63) is 29.3 Å². The molecule has 1 amide bonds. The van der Waals surface area contributed by atoms with Crippen LogP contribution in [0.5, 0.6) is 0 Å².